The number of fused-ring (bicyclic) bond motifs is 1. The zero-order valence-corrected chi connectivity index (χ0v) is 17.7. The third-order valence-electron chi connectivity index (χ3n) is 4.08. The average molecular weight is 465 g/mol. The second-order valence-corrected chi connectivity index (χ2v) is 8.06. The minimum absolute atomic E-state index is 0.105. The van der Waals surface area contributed by atoms with Crippen molar-refractivity contribution < 1.29 is 4.79 Å². The smallest absolute Gasteiger partial charge is 0.234 e. The Bertz CT molecular complexity index is 1140. The summed E-state index contributed by atoms with van der Waals surface area (Å²) in [5, 5.41) is 7.71. The van der Waals surface area contributed by atoms with Crippen LogP contribution in [-0.2, 0) is 4.79 Å². The Morgan fingerprint density at radius 2 is 1.59 bits per heavy atom. The molecular formula is C22H17BrN4OS. The van der Waals surface area contributed by atoms with Gasteiger partial charge in [0.25, 0.3) is 0 Å². The lowest BCUT2D eigenvalue weighted by molar-refractivity contribution is -0.113. The highest BCUT2D eigenvalue weighted by molar-refractivity contribution is 9.10. The second-order valence-electron chi connectivity index (χ2n) is 6.21. The van der Waals surface area contributed by atoms with Gasteiger partial charge in [-0.15, -0.1) is 0 Å². The summed E-state index contributed by atoms with van der Waals surface area (Å²) in [5.74, 6) is 0.836. The molecule has 0 bridgehead atoms. The summed E-state index contributed by atoms with van der Waals surface area (Å²) in [6, 6.07) is 25.2. The molecule has 7 heteroatoms. The molecule has 3 aromatic carbocycles. The second kappa shape index (κ2) is 9.07. The normalized spacial score (nSPS) is 10.7. The molecule has 1 heterocycles. The van der Waals surface area contributed by atoms with E-state index in [0.29, 0.717) is 5.16 Å². The SMILES string of the molecule is O=C(CSc1nc(Nc2ccccc2)c2ccccc2n1)Nc1ccc(Br)cc1. The molecule has 4 rings (SSSR count). The molecule has 144 valence electrons. The van der Waals surface area contributed by atoms with Crippen molar-refractivity contribution in [3.63, 3.8) is 0 Å². The molecule has 0 radical (unpaired) electrons. The number of halogens is 1. The largest absolute Gasteiger partial charge is 0.340 e. The number of hydrogen-bond acceptors (Lipinski definition) is 5. The summed E-state index contributed by atoms with van der Waals surface area (Å²) in [6.07, 6.45) is 0. The molecular weight excluding hydrogens is 448 g/mol. The Morgan fingerprint density at radius 1 is 0.862 bits per heavy atom. The number of rotatable bonds is 6. The van der Waals surface area contributed by atoms with E-state index in [1.807, 2.05) is 78.9 Å². The monoisotopic (exact) mass is 464 g/mol. The van der Waals surface area contributed by atoms with Gasteiger partial charge in [0.1, 0.15) is 5.82 Å². The number of thioether (sulfide) groups is 1. The molecule has 29 heavy (non-hydrogen) atoms. The average Bonchev–Trinajstić information content (AvgIpc) is 2.75. The lowest BCUT2D eigenvalue weighted by Crippen LogP contribution is -2.14. The Morgan fingerprint density at radius 3 is 2.38 bits per heavy atom. The van der Waals surface area contributed by atoms with E-state index in [2.05, 4.69) is 36.5 Å². The van der Waals surface area contributed by atoms with Crippen LogP contribution in [0.5, 0.6) is 0 Å². The fourth-order valence-corrected chi connectivity index (χ4v) is 3.65. The summed E-state index contributed by atoms with van der Waals surface area (Å²) in [6.45, 7) is 0. The molecule has 0 fully saturated rings. The first-order chi connectivity index (χ1) is 14.2. The molecule has 0 saturated carbocycles. The molecule has 0 saturated heterocycles. The van der Waals surface area contributed by atoms with Crippen molar-refractivity contribution in [1.82, 2.24) is 9.97 Å². The standard InChI is InChI=1S/C22H17BrN4OS/c23-15-10-12-17(13-11-15)24-20(28)14-29-22-26-19-9-5-4-8-18(19)21(27-22)25-16-6-2-1-3-7-16/h1-13H,14H2,(H,24,28)(H,25,26,27). The van der Waals surface area contributed by atoms with Crippen LogP contribution in [0.4, 0.5) is 17.2 Å². The summed E-state index contributed by atoms with van der Waals surface area (Å²) >= 11 is 4.69. The zero-order valence-electron chi connectivity index (χ0n) is 15.3. The molecule has 2 N–H and O–H groups in total. The highest BCUT2D eigenvalue weighted by Gasteiger charge is 2.11. The van der Waals surface area contributed by atoms with Crippen LogP contribution in [0.3, 0.4) is 0 Å². The van der Waals surface area contributed by atoms with E-state index in [9.17, 15) is 4.79 Å². The van der Waals surface area contributed by atoms with Crippen molar-refractivity contribution in [2.45, 2.75) is 5.16 Å². The number of nitrogens with zero attached hydrogens (tertiary/aromatic N) is 2. The van der Waals surface area contributed by atoms with Gasteiger partial charge in [-0.2, -0.15) is 0 Å². The van der Waals surface area contributed by atoms with Crippen molar-refractivity contribution in [1.29, 1.82) is 0 Å². The molecule has 4 aromatic rings. The summed E-state index contributed by atoms with van der Waals surface area (Å²) in [7, 11) is 0. The predicted octanol–water partition coefficient (Wildman–Crippen LogP) is 5.87. The molecule has 0 aliphatic heterocycles. The lowest BCUT2D eigenvalue weighted by Gasteiger charge is -2.11. The number of benzene rings is 3. The van der Waals surface area contributed by atoms with E-state index in [0.717, 1.165) is 32.6 Å². The van der Waals surface area contributed by atoms with Crippen molar-refractivity contribution in [2.75, 3.05) is 16.4 Å². The maximum Gasteiger partial charge on any atom is 0.234 e. The number of anilines is 3. The number of nitrogens with one attached hydrogen (secondary N) is 2. The lowest BCUT2D eigenvalue weighted by atomic mass is 10.2. The molecule has 0 unspecified atom stereocenters. The van der Waals surface area contributed by atoms with Gasteiger partial charge in [-0.05, 0) is 48.5 Å². The summed E-state index contributed by atoms with van der Waals surface area (Å²) in [4.78, 5) is 21.5. The number of amides is 1. The van der Waals surface area contributed by atoms with Gasteiger partial charge < -0.3 is 10.6 Å². The molecule has 1 aromatic heterocycles. The summed E-state index contributed by atoms with van der Waals surface area (Å²) < 4.78 is 0.966. The maximum atomic E-state index is 12.3. The van der Waals surface area contributed by atoms with Gasteiger partial charge in [0.15, 0.2) is 5.16 Å². The van der Waals surface area contributed by atoms with Crippen LogP contribution in [-0.4, -0.2) is 21.6 Å². The molecule has 0 aliphatic carbocycles. The predicted molar refractivity (Wildman–Crippen MR) is 123 cm³/mol. The third kappa shape index (κ3) is 5.13. The van der Waals surface area contributed by atoms with E-state index in [-0.39, 0.29) is 11.7 Å². The first-order valence-electron chi connectivity index (χ1n) is 8.94. The van der Waals surface area contributed by atoms with Gasteiger partial charge in [0, 0.05) is 21.2 Å². The van der Waals surface area contributed by atoms with Crippen LogP contribution in [0.2, 0.25) is 0 Å². The Balaban J connectivity index is 1.51. The van der Waals surface area contributed by atoms with E-state index < -0.39 is 0 Å². The van der Waals surface area contributed by atoms with Crippen LogP contribution in [0, 0.1) is 0 Å². The fourth-order valence-electron chi connectivity index (χ4n) is 2.73. The van der Waals surface area contributed by atoms with Crippen LogP contribution in [0.1, 0.15) is 0 Å². The van der Waals surface area contributed by atoms with Crippen LogP contribution in [0.25, 0.3) is 10.9 Å². The van der Waals surface area contributed by atoms with Gasteiger partial charge in [-0.25, -0.2) is 9.97 Å². The van der Waals surface area contributed by atoms with Crippen LogP contribution >= 0.6 is 27.7 Å². The van der Waals surface area contributed by atoms with Crippen molar-refractivity contribution >= 4 is 61.7 Å². The zero-order chi connectivity index (χ0) is 20.1. The number of carbonyl (C=O) groups is 1. The fraction of sp³-hybridized carbons (Fsp3) is 0.0455. The Labute approximate surface area is 181 Å². The summed E-state index contributed by atoms with van der Waals surface area (Å²) in [5.41, 5.74) is 2.53. The molecule has 0 atom stereocenters. The first kappa shape index (κ1) is 19.4. The van der Waals surface area contributed by atoms with Gasteiger partial charge in [0.2, 0.25) is 5.91 Å². The van der Waals surface area contributed by atoms with Crippen molar-refractivity contribution in [3.8, 4) is 0 Å². The van der Waals surface area contributed by atoms with Crippen LogP contribution in [0.15, 0.2) is 88.5 Å². The molecule has 1 amide bonds. The maximum absolute atomic E-state index is 12.3. The number of carbonyl (C=O) groups excluding carboxylic acids is 1. The van der Waals surface area contributed by atoms with Crippen molar-refractivity contribution in [2.24, 2.45) is 0 Å². The van der Waals surface area contributed by atoms with E-state index in [1.165, 1.54) is 11.8 Å². The molecule has 5 nitrogen and oxygen atoms in total. The van der Waals surface area contributed by atoms with Gasteiger partial charge >= 0.3 is 0 Å². The molecule has 0 aliphatic rings. The Hall–Kier alpha value is -2.90. The van der Waals surface area contributed by atoms with Crippen molar-refractivity contribution in [3.05, 3.63) is 83.3 Å². The van der Waals surface area contributed by atoms with Crippen LogP contribution < -0.4 is 10.6 Å². The first-order valence-corrected chi connectivity index (χ1v) is 10.7. The van der Waals surface area contributed by atoms with Gasteiger partial charge in [-0.3, -0.25) is 4.79 Å². The highest BCUT2D eigenvalue weighted by atomic mass is 79.9. The number of hydrogen-bond donors (Lipinski definition) is 2. The van der Waals surface area contributed by atoms with E-state index >= 15 is 0 Å². The topological polar surface area (TPSA) is 66.9 Å². The number of para-hydroxylation sites is 2. The van der Waals surface area contributed by atoms with Gasteiger partial charge in [0.05, 0.1) is 11.3 Å². The molecule has 0 spiro atoms. The highest BCUT2D eigenvalue weighted by Crippen LogP contribution is 2.27. The van der Waals surface area contributed by atoms with E-state index in [1.54, 1.807) is 0 Å². The quantitative estimate of drug-likeness (QED) is 0.276. The minimum Gasteiger partial charge on any atom is -0.340 e. The third-order valence-corrected chi connectivity index (χ3v) is 5.46. The van der Waals surface area contributed by atoms with E-state index in [4.69, 9.17) is 0 Å². The van der Waals surface area contributed by atoms with Gasteiger partial charge in [-0.1, -0.05) is 58.0 Å². The number of aromatic nitrogens is 2. The Kier molecular flexibility index (Phi) is 6.07. The minimum atomic E-state index is -0.105.